The Kier molecular flexibility index (Phi) is 6.17. The third kappa shape index (κ3) is 5.05. The first kappa shape index (κ1) is 16.3. The second-order valence-corrected chi connectivity index (χ2v) is 7.47. The van der Waals surface area contributed by atoms with Gasteiger partial charge in [0.2, 0.25) is 5.91 Å². The summed E-state index contributed by atoms with van der Waals surface area (Å²) in [6.45, 7) is 6.51. The minimum atomic E-state index is -0.767. The summed E-state index contributed by atoms with van der Waals surface area (Å²) < 4.78 is 0. The summed E-state index contributed by atoms with van der Waals surface area (Å²) in [5, 5.41) is 12.7. The van der Waals surface area contributed by atoms with Gasteiger partial charge in [-0.3, -0.25) is 9.59 Å². The number of amides is 1. The molecule has 1 aliphatic carbocycles. The van der Waals surface area contributed by atoms with Crippen LogP contribution in [0.3, 0.4) is 0 Å². The minimum Gasteiger partial charge on any atom is -0.481 e. The van der Waals surface area contributed by atoms with Crippen LogP contribution >= 0.6 is 11.8 Å². The summed E-state index contributed by atoms with van der Waals surface area (Å²) in [5.41, 5.74) is -0.745. The summed E-state index contributed by atoms with van der Waals surface area (Å²) >= 11 is 1.57. The molecule has 5 heteroatoms. The van der Waals surface area contributed by atoms with Crippen molar-refractivity contribution in [2.75, 3.05) is 12.3 Å². The van der Waals surface area contributed by atoms with Crippen LogP contribution in [0.15, 0.2) is 0 Å². The highest BCUT2D eigenvalue weighted by atomic mass is 32.2. The molecular formula is C14H25NO3S. The summed E-state index contributed by atoms with van der Waals surface area (Å²) in [6, 6.07) is 0. The first-order chi connectivity index (χ1) is 8.85. The third-order valence-electron chi connectivity index (χ3n) is 3.86. The van der Waals surface area contributed by atoms with Gasteiger partial charge < -0.3 is 10.4 Å². The molecule has 0 spiro atoms. The Bertz CT molecular complexity index is 323. The molecule has 0 aromatic carbocycles. The summed E-state index contributed by atoms with van der Waals surface area (Å²) in [5.74, 6) is 0.179. The zero-order valence-corrected chi connectivity index (χ0v) is 12.9. The van der Waals surface area contributed by atoms with Crippen molar-refractivity contribution in [3.05, 3.63) is 0 Å². The fourth-order valence-corrected chi connectivity index (χ4v) is 2.93. The van der Waals surface area contributed by atoms with Gasteiger partial charge in [0, 0.05) is 6.54 Å². The number of hydrogen-bond acceptors (Lipinski definition) is 3. The number of carbonyl (C=O) groups excluding carboxylic acids is 1. The molecule has 1 amide bonds. The zero-order valence-electron chi connectivity index (χ0n) is 12.1. The molecule has 1 rings (SSSR count). The Morgan fingerprint density at radius 1 is 1.37 bits per heavy atom. The van der Waals surface area contributed by atoms with Gasteiger partial charge in [-0.05, 0) is 36.9 Å². The van der Waals surface area contributed by atoms with Crippen molar-refractivity contribution in [2.24, 2.45) is 11.3 Å². The molecule has 110 valence electrons. The number of hydrogen-bond donors (Lipinski definition) is 2. The van der Waals surface area contributed by atoms with E-state index >= 15 is 0 Å². The average molecular weight is 287 g/mol. The van der Waals surface area contributed by atoms with Crippen molar-refractivity contribution in [3.8, 4) is 0 Å². The molecule has 0 saturated heterocycles. The number of carbonyl (C=O) groups is 2. The Labute approximate surface area is 119 Å². The van der Waals surface area contributed by atoms with Crippen LogP contribution in [0.4, 0.5) is 0 Å². The molecule has 0 atom stereocenters. The minimum absolute atomic E-state index is 0.0575. The van der Waals surface area contributed by atoms with Gasteiger partial charge >= 0.3 is 5.97 Å². The second-order valence-electron chi connectivity index (χ2n) is 5.90. The monoisotopic (exact) mass is 287 g/mol. The molecule has 1 aliphatic rings. The third-order valence-corrected chi connectivity index (χ3v) is 4.95. The Morgan fingerprint density at radius 3 is 2.42 bits per heavy atom. The van der Waals surface area contributed by atoms with Crippen molar-refractivity contribution < 1.29 is 14.7 Å². The fourth-order valence-electron chi connectivity index (χ4n) is 2.34. The number of carboxylic acid groups (broad SMARTS) is 1. The lowest BCUT2D eigenvalue weighted by atomic mass is 9.71. The number of nitrogens with one attached hydrogen (secondary N) is 1. The maximum Gasteiger partial charge on any atom is 0.311 e. The highest BCUT2D eigenvalue weighted by molar-refractivity contribution is 8.00. The van der Waals surface area contributed by atoms with Gasteiger partial charge in [0.05, 0.1) is 11.2 Å². The van der Waals surface area contributed by atoms with Gasteiger partial charge in [-0.15, -0.1) is 11.8 Å². The molecule has 0 radical (unpaired) electrons. The van der Waals surface area contributed by atoms with Gasteiger partial charge in [-0.25, -0.2) is 0 Å². The van der Waals surface area contributed by atoms with E-state index < -0.39 is 11.4 Å². The van der Waals surface area contributed by atoms with E-state index in [0.717, 1.165) is 12.8 Å². The lowest BCUT2D eigenvalue weighted by Crippen LogP contribution is -2.45. The van der Waals surface area contributed by atoms with Crippen LogP contribution in [0.5, 0.6) is 0 Å². The number of aliphatic carboxylic acids is 1. The molecule has 0 aromatic heterocycles. The first-order valence-electron chi connectivity index (χ1n) is 6.97. The predicted molar refractivity (Wildman–Crippen MR) is 78.3 cm³/mol. The molecule has 4 nitrogen and oxygen atoms in total. The van der Waals surface area contributed by atoms with Crippen molar-refractivity contribution in [1.29, 1.82) is 0 Å². The summed E-state index contributed by atoms with van der Waals surface area (Å²) in [6.07, 6.45) is 3.20. The van der Waals surface area contributed by atoms with E-state index in [1.165, 1.54) is 0 Å². The van der Waals surface area contributed by atoms with Gasteiger partial charge in [0.25, 0.3) is 0 Å². The number of carboxylic acids is 1. The summed E-state index contributed by atoms with van der Waals surface area (Å²) in [7, 11) is 0. The lowest BCUT2D eigenvalue weighted by Gasteiger charge is -2.35. The van der Waals surface area contributed by atoms with E-state index in [1.54, 1.807) is 11.8 Å². The molecule has 0 aliphatic heterocycles. The highest BCUT2D eigenvalue weighted by Crippen LogP contribution is 2.38. The topological polar surface area (TPSA) is 66.4 Å². The van der Waals surface area contributed by atoms with Crippen LogP contribution in [-0.4, -0.2) is 34.5 Å². The lowest BCUT2D eigenvalue weighted by molar-refractivity contribution is -0.151. The smallest absolute Gasteiger partial charge is 0.311 e. The standard InChI is InChI=1S/C14H25NO3S/c1-10(2)19-8-12(16)15-9-14(13(17)18)6-4-11(3)5-7-14/h10-11H,4-9H2,1-3H3,(H,15,16)(H,17,18). The molecular weight excluding hydrogens is 262 g/mol. The van der Waals surface area contributed by atoms with Gasteiger partial charge in [0.1, 0.15) is 0 Å². The average Bonchev–Trinajstić information content (AvgIpc) is 2.35. The van der Waals surface area contributed by atoms with Crippen LogP contribution in [0.1, 0.15) is 46.5 Å². The van der Waals surface area contributed by atoms with Crippen LogP contribution in [0.2, 0.25) is 0 Å². The van der Waals surface area contributed by atoms with Crippen molar-refractivity contribution in [1.82, 2.24) is 5.32 Å². The maximum atomic E-state index is 11.7. The van der Waals surface area contributed by atoms with Gasteiger partial charge in [-0.1, -0.05) is 20.8 Å². The molecule has 2 N–H and O–H groups in total. The second kappa shape index (κ2) is 7.17. The van der Waals surface area contributed by atoms with Crippen molar-refractivity contribution >= 4 is 23.6 Å². The molecule has 0 bridgehead atoms. The fraction of sp³-hybridized carbons (Fsp3) is 0.857. The van der Waals surface area contributed by atoms with Gasteiger partial charge in [0.15, 0.2) is 0 Å². The quantitative estimate of drug-likeness (QED) is 0.788. The molecule has 19 heavy (non-hydrogen) atoms. The maximum absolute atomic E-state index is 11.7. The van der Waals surface area contributed by atoms with E-state index in [-0.39, 0.29) is 12.5 Å². The summed E-state index contributed by atoms with van der Waals surface area (Å²) in [4.78, 5) is 23.2. The van der Waals surface area contributed by atoms with E-state index in [2.05, 4.69) is 12.2 Å². The highest BCUT2D eigenvalue weighted by Gasteiger charge is 2.41. The van der Waals surface area contributed by atoms with Crippen molar-refractivity contribution in [3.63, 3.8) is 0 Å². The van der Waals surface area contributed by atoms with Gasteiger partial charge in [-0.2, -0.15) is 0 Å². The molecule has 1 saturated carbocycles. The van der Waals surface area contributed by atoms with Crippen LogP contribution in [-0.2, 0) is 9.59 Å². The molecule has 0 aromatic rings. The first-order valence-corrected chi connectivity index (χ1v) is 8.02. The van der Waals surface area contributed by atoms with Crippen LogP contribution in [0.25, 0.3) is 0 Å². The van der Waals surface area contributed by atoms with Crippen LogP contribution < -0.4 is 5.32 Å². The number of thioether (sulfide) groups is 1. The molecule has 0 unspecified atom stereocenters. The van der Waals surface area contributed by atoms with E-state index in [1.807, 2.05) is 13.8 Å². The zero-order chi connectivity index (χ0) is 14.5. The van der Waals surface area contributed by atoms with Crippen LogP contribution in [0, 0.1) is 11.3 Å². The Hall–Kier alpha value is -0.710. The number of rotatable bonds is 6. The largest absolute Gasteiger partial charge is 0.481 e. The molecule has 1 fully saturated rings. The SMILES string of the molecule is CC1CCC(CNC(=O)CSC(C)C)(C(=O)O)CC1. The van der Waals surface area contributed by atoms with E-state index in [9.17, 15) is 14.7 Å². The Balaban J connectivity index is 2.46. The Morgan fingerprint density at radius 2 is 1.95 bits per heavy atom. The van der Waals surface area contributed by atoms with Crippen molar-refractivity contribution in [2.45, 2.75) is 51.7 Å². The van der Waals surface area contributed by atoms with E-state index in [0.29, 0.717) is 29.8 Å². The predicted octanol–water partition coefficient (Wildman–Crippen LogP) is 2.53. The molecule has 0 heterocycles. The van der Waals surface area contributed by atoms with E-state index in [4.69, 9.17) is 0 Å². The normalized spacial score (nSPS) is 27.3.